The van der Waals surface area contributed by atoms with E-state index in [9.17, 15) is 4.79 Å². The monoisotopic (exact) mass is 253 g/mol. The van der Waals surface area contributed by atoms with Gasteiger partial charge in [-0.25, -0.2) is 0 Å². The zero-order chi connectivity index (χ0) is 13.0. The van der Waals surface area contributed by atoms with Crippen LogP contribution in [-0.4, -0.2) is 24.2 Å². The first kappa shape index (κ1) is 13.9. The number of hydrogen-bond acceptors (Lipinski definition) is 2. The van der Waals surface area contributed by atoms with E-state index in [0.717, 1.165) is 6.42 Å². The zero-order valence-corrected chi connectivity index (χ0v) is 11.6. The SMILES string of the molecule is CCC(CC(=O)O)C1CCC2(CCNCC2)CC1. The van der Waals surface area contributed by atoms with E-state index in [2.05, 4.69) is 12.2 Å². The number of carbonyl (C=O) groups is 1. The van der Waals surface area contributed by atoms with Crippen LogP contribution in [-0.2, 0) is 4.79 Å². The van der Waals surface area contributed by atoms with E-state index in [0.29, 0.717) is 23.7 Å². The number of carboxylic acids is 1. The van der Waals surface area contributed by atoms with Gasteiger partial charge in [-0.15, -0.1) is 0 Å². The molecule has 18 heavy (non-hydrogen) atoms. The Bertz CT molecular complexity index is 274. The summed E-state index contributed by atoms with van der Waals surface area (Å²) < 4.78 is 0. The fourth-order valence-corrected chi connectivity index (χ4v) is 4.05. The van der Waals surface area contributed by atoms with Gasteiger partial charge in [0.15, 0.2) is 0 Å². The molecule has 0 bridgehead atoms. The summed E-state index contributed by atoms with van der Waals surface area (Å²) in [6, 6.07) is 0. The Morgan fingerprint density at radius 2 is 1.89 bits per heavy atom. The first-order chi connectivity index (χ1) is 8.65. The van der Waals surface area contributed by atoms with Gasteiger partial charge in [0.25, 0.3) is 0 Å². The van der Waals surface area contributed by atoms with E-state index in [4.69, 9.17) is 5.11 Å². The summed E-state index contributed by atoms with van der Waals surface area (Å²) in [6.07, 6.45) is 9.22. The second-order valence-electron chi connectivity index (χ2n) is 6.35. The van der Waals surface area contributed by atoms with Gasteiger partial charge in [-0.1, -0.05) is 13.3 Å². The zero-order valence-electron chi connectivity index (χ0n) is 11.6. The highest BCUT2D eigenvalue weighted by atomic mass is 16.4. The van der Waals surface area contributed by atoms with Crippen LogP contribution in [0.5, 0.6) is 0 Å². The Morgan fingerprint density at radius 1 is 1.28 bits per heavy atom. The molecule has 1 saturated carbocycles. The molecule has 1 heterocycles. The van der Waals surface area contributed by atoms with Gasteiger partial charge in [-0.3, -0.25) is 4.79 Å². The van der Waals surface area contributed by atoms with Crippen LogP contribution in [0.4, 0.5) is 0 Å². The summed E-state index contributed by atoms with van der Waals surface area (Å²) in [5.74, 6) is 0.442. The highest BCUT2D eigenvalue weighted by molar-refractivity contribution is 5.67. The average Bonchev–Trinajstić information content (AvgIpc) is 2.38. The summed E-state index contributed by atoms with van der Waals surface area (Å²) in [6.45, 7) is 4.50. The molecule has 1 atom stereocenters. The van der Waals surface area contributed by atoms with Gasteiger partial charge in [0.05, 0.1) is 0 Å². The van der Waals surface area contributed by atoms with Gasteiger partial charge >= 0.3 is 5.97 Å². The minimum atomic E-state index is -0.621. The van der Waals surface area contributed by atoms with Crippen LogP contribution in [0.25, 0.3) is 0 Å². The van der Waals surface area contributed by atoms with Crippen molar-refractivity contribution in [3.05, 3.63) is 0 Å². The van der Waals surface area contributed by atoms with Gasteiger partial charge in [0.2, 0.25) is 0 Å². The number of hydrogen-bond donors (Lipinski definition) is 2. The normalized spacial score (nSPS) is 26.1. The Morgan fingerprint density at radius 3 is 2.39 bits per heavy atom. The lowest BCUT2D eigenvalue weighted by Crippen LogP contribution is -2.40. The molecule has 104 valence electrons. The maximum Gasteiger partial charge on any atom is 0.303 e. The minimum absolute atomic E-state index is 0.371. The fourth-order valence-electron chi connectivity index (χ4n) is 4.05. The van der Waals surface area contributed by atoms with Crippen molar-refractivity contribution in [2.45, 2.75) is 58.3 Å². The molecular formula is C15H27NO2. The summed E-state index contributed by atoms with van der Waals surface area (Å²) >= 11 is 0. The number of piperidine rings is 1. The molecule has 3 nitrogen and oxygen atoms in total. The van der Waals surface area contributed by atoms with Gasteiger partial charge in [0, 0.05) is 6.42 Å². The molecule has 1 aliphatic carbocycles. The van der Waals surface area contributed by atoms with Crippen LogP contribution in [0, 0.1) is 17.3 Å². The van der Waals surface area contributed by atoms with E-state index < -0.39 is 5.97 Å². The van der Waals surface area contributed by atoms with Crippen LogP contribution in [0.2, 0.25) is 0 Å². The molecule has 0 amide bonds. The van der Waals surface area contributed by atoms with Crippen molar-refractivity contribution in [1.82, 2.24) is 5.32 Å². The quantitative estimate of drug-likeness (QED) is 0.809. The first-order valence-electron chi connectivity index (χ1n) is 7.58. The van der Waals surface area contributed by atoms with Crippen molar-refractivity contribution < 1.29 is 9.90 Å². The highest BCUT2D eigenvalue weighted by Gasteiger charge is 2.38. The van der Waals surface area contributed by atoms with E-state index in [1.165, 1.54) is 51.6 Å². The van der Waals surface area contributed by atoms with E-state index in [1.807, 2.05) is 0 Å². The molecule has 1 saturated heterocycles. The number of carboxylic acid groups (broad SMARTS) is 1. The lowest BCUT2D eigenvalue weighted by atomic mass is 9.63. The predicted molar refractivity (Wildman–Crippen MR) is 72.5 cm³/mol. The van der Waals surface area contributed by atoms with Crippen molar-refractivity contribution in [1.29, 1.82) is 0 Å². The molecular weight excluding hydrogens is 226 g/mol. The van der Waals surface area contributed by atoms with Gasteiger partial charge in [0.1, 0.15) is 0 Å². The Balaban J connectivity index is 1.86. The molecule has 1 aliphatic heterocycles. The lowest BCUT2D eigenvalue weighted by Gasteiger charge is -2.44. The van der Waals surface area contributed by atoms with E-state index in [-0.39, 0.29) is 0 Å². The van der Waals surface area contributed by atoms with Crippen LogP contribution in [0.15, 0.2) is 0 Å². The number of rotatable bonds is 4. The van der Waals surface area contributed by atoms with Crippen molar-refractivity contribution in [2.24, 2.45) is 17.3 Å². The second kappa shape index (κ2) is 6.05. The molecule has 2 rings (SSSR count). The summed E-state index contributed by atoms with van der Waals surface area (Å²) in [4.78, 5) is 10.9. The van der Waals surface area contributed by atoms with Crippen molar-refractivity contribution in [2.75, 3.05) is 13.1 Å². The van der Waals surface area contributed by atoms with Crippen LogP contribution < -0.4 is 5.32 Å². The van der Waals surface area contributed by atoms with Crippen LogP contribution in [0.1, 0.15) is 58.3 Å². The fraction of sp³-hybridized carbons (Fsp3) is 0.933. The maximum absolute atomic E-state index is 10.9. The topological polar surface area (TPSA) is 49.3 Å². The van der Waals surface area contributed by atoms with Crippen LogP contribution in [0.3, 0.4) is 0 Å². The van der Waals surface area contributed by atoms with E-state index >= 15 is 0 Å². The molecule has 1 unspecified atom stereocenters. The van der Waals surface area contributed by atoms with Crippen molar-refractivity contribution >= 4 is 5.97 Å². The van der Waals surface area contributed by atoms with Crippen LogP contribution >= 0.6 is 0 Å². The molecule has 3 heteroatoms. The van der Waals surface area contributed by atoms with E-state index in [1.54, 1.807) is 0 Å². The third kappa shape index (κ3) is 3.25. The third-order valence-corrected chi connectivity index (χ3v) is 5.38. The number of aliphatic carboxylic acids is 1. The molecule has 0 aromatic rings. The molecule has 2 fully saturated rings. The summed E-state index contributed by atoms with van der Waals surface area (Å²) in [7, 11) is 0. The molecule has 2 N–H and O–H groups in total. The van der Waals surface area contributed by atoms with Gasteiger partial charge in [-0.2, -0.15) is 0 Å². The molecule has 1 spiro atoms. The third-order valence-electron chi connectivity index (χ3n) is 5.38. The maximum atomic E-state index is 10.9. The summed E-state index contributed by atoms with van der Waals surface area (Å²) in [5.41, 5.74) is 0.600. The van der Waals surface area contributed by atoms with Crippen molar-refractivity contribution in [3.63, 3.8) is 0 Å². The molecule has 2 aliphatic rings. The summed E-state index contributed by atoms with van der Waals surface area (Å²) in [5, 5.41) is 12.4. The van der Waals surface area contributed by atoms with Gasteiger partial charge < -0.3 is 10.4 Å². The highest BCUT2D eigenvalue weighted by Crippen LogP contribution is 2.47. The predicted octanol–water partition coefficient (Wildman–Crippen LogP) is 3.05. The van der Waals surface area contributed by atoms with Gasteiger partial charge in [-0.05, 0) is 68.9 Å². The molecule has 0 aromatic heterocycles. The smallest absolute Gasteiger partial charge is 0.303 e. The first-order valence-corrected chi connectivity index (χ1v) is 7.58. The Labute approximate surface area is 110 Å². The van der Waals surface area contributed by atoms with Crippen molar-refractivity contribution in [3.8, 4) is 0 Å². The minimum Gasteiger partial charge on any atom is -0.481 e. The largest absolute Gasteiger partial charge is 0.481 e. The number of nitrogens with one attached hydrogen (secondary N) is 1. The second-order valence-corrected chi connectivity index (χ2v) is 6.35. The standard InChI is InChI=1S/C15H27NO2/c1-2-12(11-14(17)18)13-3-5-15(6-4-13)7-9-16-10-8-15/h12-13,16H,2-11H2,1H3,(H,17,18). The Kier molecular flexibility index (Phi) is 4.66. The Hall–Kier alpha value is -0.570. The molecule has 0 aromatic carbocycles. The molecule has 0 radical (unpaired) electrons. The lowest BCUT2D eigenvalue weighted by molar-refractivity contribution is -0.138. The average molecular weight is 253 g/mol.